The lowest BCUT2D eigenvalue weighted by Crippen LogP contribution is -1.97. The second-order valence-electron chi connectivity index (χ2n) is 12.5. The molecular formula is C46H28N2OS. The molecule has 0 N–H and O–H groups in total. The number of aromatic nitrogens is 2. The SMILES string of the molecule is c1ccc(-c2nc(-c3ccccc3-c3ccccc3)cc(-c3ccc(-c4ccc5c(c4)sc4ccccc45)c4oc5ccccc5c34)n2)cc1. The Morgan fingerprint density at radius 3 is 1.84 bits per heavy atom. The molecule has 0 amide bonds. The number of rotatable bonds is 5. The smallest absolute Gasteiger partial charge is 0.160 e. The minimum absolute atomic E-state index is 0.682. The topological polar surface area (TPSA) is 38.9 Å². The summed E-state index contributed by atoms with van der Waals surface area (Å²) in [5.41, 5.74) is 10.9. The fourth-order valence-electron chi connectivity index (χ4n) is 7.18. The average Bonchev–Trinajstić information content (AvgIpc) is 3.77. The quantitative estimate of drug-likeness (QED) is 0.185. The number of hydrogen-bond acceptors (Lipinski definition) is 4. The Kier molecular flexibility index (Phi) is 6.68. The van der Waals surface area contributed by atoms with Crippen molar-refractivity contribution < 1.29 is 4.42 Å². The highest BCUT2D eigenvalue weighted by Crippen LogP contribution is 2.44. The Bertz CT molecular complexity index is 2870. The first-order valence-corrected chi connectivity index (χ1v) is 17.6. The van der Waals surface area contributed by atoms with Gasteiger partial charge in [-0.15, -0.1) is 11.3 Å². The molecule has 10 rings (SSSR count). The van der Waals surface area contributed by atoms with Crippen LogP contribution >= 0.6 is 11.3 Å². The minimum Gasteiger partial charge on any atom is -0.455 e. The van der Waals surface area contributed by atoms with Crippen LogP contribution in [0, 0.1) is 0 Å². The van der Waals surface area contributed by atoms with Gasteiger partial charge >= 0.3 is 0 Å². The van der Waals surface area contributed by atoms with E-state index < -0.39 is 0 Å². The highest BCUT2D eigenvalue weighted by molar-refractivity contribution is 7.25. The van der Waals surface area contributed by atoms with Gasteiger partial charge in [-0.25, -0.2) is 9.97 Å². The van der Waals surface area contributed by atoms with Crippen LogP contribution < -0.4 is 0 Å². The Labute approximate surface area is 292 Å². The van der Waals surface area contributed by atoms with Crippen molar-refractivity contribution in [3.05, 3.63) is 170 Å². The summed E-state index contributed by atoms with van der Waals surface area (Å²) in [4.78, 5) is 10.4. The van der Waals surface area contributed by atoms with E-state index in [0.717, 1.165) is 72.3 Å². The standard InChI is InChI=1S/C46H28N2OS/c1-3-13-29(14-4-1)32-17-7-8-18-34(32)39-28-40(48-46(47-39)30-15-5-2-6-16-30)37-26-25-33(45-44(37)38-20-9-11-21-41(38)49-45)31-23-24-36-35-19-10-12-22-42(35)50-43(36)27-31/h1-28H. The molecule has 3 nitrogen and oxygen atoms in total. The monoisotopic (exact) mass is 656 g/mol. The molecule has 3 heterocycles. The normalized spacial score (nSPS) is 11.6. The first kappa shape index (κ1) is 28.6. The van der Waals surface area contributed by atoms with Crippen LogP contribution in [0.5, 0.6) is 0 Å². The van der Waals surface area contributed by atoms with E-state index in [1.165, 1.54) is 20.2 Å². The van der Waals surface area contributed by atoms with Gasteiger partial charge in [-0.1, -0.05) is 140 Å². The predicted molar refractivity (Wildman–Crippen MR) is 209 cm³/mol. The Morgan fingerprint density at radius 2 is 1.02 bits per heavy atom. The van der Waals surface area contributed by atoms with Gasteiger partial charge in [0.15, 0.2) is 5.82 Å². The van der Waals surface area contributed by atoms with Gasteiger partial charge in [-0.3, -0.25) is 0 Å². The van der Waals surface area contributed by atoms with Crippen molar-refractivity contribution in [3.63, 3.8) is 0 Å². The van der Waals surface area contributed by atoms with Crippen LogP contribution in [0.25, 0.3) is 98.3 Å². The van der Waals surface area contributed by atoms with Gasteiger partial charge in [-0.05, 0) is 47.0 Å². The second kappa shape index (κ2) is 11.7. The highest BCUT2D eigenvalue weighted by atomic mass is 32.1. The van der Waals surface area contributed by atoms with Crippen LogP contribution in [-0.2, 0) is 0 Å². The molecule has 0 fully saturated rings. The molecule has 0 unspecified atom stereocenters. The predicted octanol–water partition coefficient (Wildman–Crippen LogP) is 13.1. The zero-order chi connectivity index (χ0) is 33.0. The van der Waals surface area contributed by atoms with Gasteiger partial charge in [0.2, 0.25) is 0 Å². The van der Waals surface area contributed by atoms with Gasteiger partial charge in [-0.2, -0.15) is 0 Å². The van der Waals surface area contributed by atoms with Crippen molar-refractivity contribution in [2.45, 2.75) is 0 Å². The number of thiophene rings is 1. The molecule has 3 aromatic heterocycles. The van der Waals surface area contributed by atoms with Gasteiger partial charge in [0.1, 0.15) is 11.2 Å². The lowest BCUT2D eigenvalue weighted by Gasteiger charge is -2.14. The molecule has 0 saturated carbocycles. The molecule has 0 bridgehead atoms. The molecule has 4 heteroatoms. The summed E-state index contributed by atoms with van der Waals surface area (Å²) in [6.45, 7) is 0. The van der Waals surface area contributed by atoms with Crippen molar-refractivity contribution in [1.82, 2.24) is 9.97 Å². The number of nitrogens with zero attached hydrogens (tertiary/aromatic N) is 2. The second-order valence-corrected chi connectivity index (χ2v) is 13.6. The molecule has 0 aliphatic heterocycles. The van der Waals surface area contributed by atoms with E-state index in [9.17, 15) is 0 Å². The van der Waals surface area contributed by atoms with Crippen LogP contribution in [0.2, 0.25) is 0 Å². The van der Waals surface area contributed by atoms with E-state index in [4.69, 9.17) is 14.4 Å². The van der Waals surface area contributed by atoms with Gasteiger partial charge in [0, 0.05) is 53.2 Å². The lowest BCUT2D eigenvalue weighted by molar-refractivity contribution is 0.670. The Hall–Kier alpha value is -6.36. The molecule has 10 aromatic rings. The number of furan rings is 1. The van der Waals surface area contributed by atoms with Crippen molar-refractivity contribution >= 4 is 53.4 Å². The maximum Gasteiger partial charge on any atom is 0.160 e. The largest absolute Gasteiger partial charge is 0.455 e. The van der Waals surface area contributed by atoms with Gasteiger partial charge < -0.3 is 4.42 Å². The van der Waals surface area contributed by atoms with E-state index in [1.54, 1.807) is 0 Å². The molecule has 0 spiro atoms. The third-order valence-electron chi connectivity index (χ3n) is 9.54. The van der Waals surface area contributed by atoms with Crippen LogP contribution in [0.1, 0.15) is 0 Å². The van der Waals surface area contributed by atoms with E-state index in [2.05, 4.69) is 140 Å². The number of benzene rings is 7. The van der Waals surface area contributed by atoms with E-state index in [1.807, 2.05) is 41.7 Å². The molecule has 0 aliphatic carbocycles. The van der Waals surface area contributed by atoms with Gasteiger partial charge in [0.05, 0.1) is 11.4 Å². The van der Waals surface area contributed by atoms with Crippen LogP contribution in [0.3, 0.4) is 0 Å². The summed E-state index contributed by atoms with van der Waals surface area (Å²) in [6.07, 6.45) is 0. The highest BCUT2D eigenvalue weighted by Gasteiger charge is 2.21. The number of fused-ring (bicyclic) bond motifs is 6. The molecule has 0 atom stereocenters. The molecular weight excluding hydrogens is 629 g/mol. The summed E-state index contributed by atoms with van der Waals surface area (Å²) in [7, 11) is 0. The number of para-hydroxylation sites is 1. The molecule has 50 heavy (non-hydrogen) atoms. The third kappa shape index (κ3) is 4.73. The van der Waals surface area contributed by atoms with Crippen LogP contribution in [0.4, 0.5) is 0 Å². The average molecular weight is 657 g/mol. The molecule has 234 valence electrons. The third-order valence-corrected chi connectivity index (χ3v) is 10.7. The summed E-state index contributed by atoms with van der Waals surface area (Å²) in [6, 6.07) is 59.5. The first-order chi connectivity index (χ1) is 24.8. The Morgan fingerprint density at radius 1 is 0.400 bits per heavy atom. The molecule has 0 aliphatic rings. The molecule has 7 aromatic carbocycles. The van der Waals surface area contributed by atoms with Crippen molar-refractivity contribution in [2.24, 2.45) is 0 Å². The summed E-state index contributed by atoms with van der Waals surface area (Å²) < 4.78 is 9.30. The van der Waals surface area contributed by atoms with Crippen molar-refractivity contribution in [3.8, 4) is 56.2 Å². The summed E-state index contributed by atoms with van der Waals surface area (Å²) in [5, 5.41) is 4.69. The molecule has 0 radical (unpaired) electrons. The summed E-state index contributed by atoms with van der Waals surface area (Å²) in [5.74, 6) is 0.682. The zero-order valence-electron chi connectivity index (χ0n) is 26.9. The maximum atomic E-state index is 6.74. The zero-order valence-corrected chi connectivity index (χ0v) is 27.7. The van der Waals surface area contributed by atoms with E-state index in [0.29, 0.717) is 5.82 Å². The van der Waals surface area contributed by atoms with Gasteiger partial charge in [0.25, 0.3) is 0 Å². The molecule has 0 saturated heterocycles. The van der Waals surface area contributed by atoms with Crippen LogP contribution in [-0.4, -0.2) is 9.97 Å². The van der Waals surface area contributed by atoms with E-state index in [-0.39, 0.29) is 0 Å². The van der Waals surface area contributed by atoms with E-state index >= 15 is 0 Å². The van der Waals surface area contributed by atoms with Crippen molar-refractivity contribution in [1.29, 1.82) is 0 Å². The number of hydrogen-bond donors (Lipinski definition) is 0. The Balaban J connectivity index is 1.22. The lowest BCUT2D eigenvalue weighted by atomic mass is 9.94. The van der Waals surface area contributed by atoms with Crippen LogP contribution in [0.15, 0.2) is 174 Å². The first-order valence-electron chi connectivity index (χ1n) is 16.7. The minimum atomic E-state index is 0.682. The maximum absolute atomic E-state index is 6.74. The van der Waals surface area contributed by atoms with Crippen molar-refractivity contribution in [2.75, 3.05) is 0 Å². The summed E-state index contributed by atoms with van der Waals surface area (Å²) >= 11 is 1.83. The fraction of sp³-hybridized carbons (Fsp3) is 0. The fourth-order valence-corrected chi connectivity index (χ4v) is 8.32.